The summed E-state index contributed by atoms with van der Waals surface area (Å²) in [5.41, 5.74) is 1.51. The Bertz CT molecular complexity index is 407. The summed E-state index contributed by atoms with van der Waals surface area (Å²) in [6.07, 6.45) is 3.21. The van der Waals surface area contributed by atoms with E-state index in [0.717, 1.165) is 5.56 Å². The Hall–Kier alpha value is -2.11. The number of carbonyl (C=O) groups excluding carboxylic acids is 2. The van der Waals surface area contributed by atoms with Crippen LogP contribution in [0.2, 0.25) is 0 Å². The van der Waals surface area contributed by atoms with Crippen molar-refractivity contribution in [1.82, 2.24) is 10.3 Å². The average molecular weight is 237 g/mol. The van der Waals surface area contributed by atoms with E-state index in [1.54, 1.807) is 19.2 Å². The first-order valence-corrected chi connectivity index (χ1v) is 5.24. The molecular formula is C11H15N3O3. The number of amides is 2. The number of anilines is 1. The number of carbonyl (C=O) groups is 2. The van der Waals surface area contributed by atoms with Crippen molar-refractivity contribution in [3.8, 4) is 0 Å². The molecule has 0 radical (unpaired) electrons. The first-order chi connectivity index (χ1) is 8.11. The molecule has 6 heteroatoms. The van der Waals surface area contributed by atoms with Crippen LogP contribution < -0.4 is 10.6 Å². The molecule has 0 saturated carbocycles. The van der Waals surface area contributed by atoms with Crippen molar-refractivity contribution in [2.45, 2.75) is 13.8 Å². The molecular weight excluding hydrogens is 222 g/mol. The van der Waals surface area contributed by atoms with Crippen LogP contribution in [0.5, 0.6) is 0 Å². The second-order valence-electron chi connectivity index (χ2n) is 3.36. The quantitative estimate of drug-likeness (QED) is 0.768. The Morgan fingerprint density at radius 1 is 1.41 bits per heavy atom. The summed E-state index contributed by atoms with van der Waals surface area (Å²) in [6, 6.07) is 1.31. The lowest BCUT2D eigenvalue weighted by molar-refractivity contribution is -0.141. The third-order valence-electron chi connectivity index (χ3n) is 1.83. The van der Waals surface area contributed by atoms with Gasteiger partial charge >= 0.3 is 12.0 Å². The zero-order chi connectivity index (χ0) is 12.7. The van der Waals surface area contributed by atoms with E-state index in [9.17, 15) is 9.59 Å². The number of hydrogen-bond acceptors (Lipinski definition) is 4. The van der Waals surface area contributed by atoms with E-state index in [4.69, 9.17) is 0 Å². The summed E-state index contributed by atoms with van der Waals surface area (Å²) in [7, 11) is 0. The molecule has 0 unspecified atom stereocenters. The molecule has 2 N–H and O–H groups in total. The molecule has 2 amide bonds. The minimum absolute atomic E-state index is 0.154. The monoisotopic (exact) mass is 237 g/mol. The average Bonchev–Trinajstić information content (AvgIpc) is 2.27. The standard InChI is InChI=1S/C11H15N3O3/c1-3-17-10(15)7-13-11(16)14-9-4-8(2)5-12-6-9/h4-6H,3,7H2,1-2H3,(H2,13,14,16). The Morgan fingerprint density at radius 3 is 2.82 bits per heavy atom. The second-order valence-corrected chi connectivity index (χ2v) is 3.36. The van der Waals surface area contributed by atoms with E-state index in [2.05, 4.69) is 20.4 Å². The van der Waals surface area contributed by atoms with Crippen molar-refractivity contribution in [3.63, 3.8) is 0 Å². The zero-order valence-electron chi connectivity index (χ0n) is 9.82. The third kappa shape index (κ3) is 4.96. The fourth-order valence-electron chi connectivity index (χ4n) is 1.16. The lowest BCUT2D eigenvalue weighted by atomic mass is 10.3. The molecule has 1 aromatic rings. The molecule has 6 nitrogen and oxygen atoms in total. The van der Waals surface area contributed by atoms with Crippen molar-refractivity contribution in [2.75, 3.05) is 18.5 Å². The second kappa shape index (κ2) is 6.47. The molecule has 0 bridgehead atoms. The molecule has 17 heavy (non-hydrogen) atoms. The molecule has 0 aliphatic rings. The van der Waals surface area contributed by atoms with Crippen LogP contribution in [0.1, 0.15) is 12.5 Å². The van der Waals surface area contributed by atoms with E-state index in [0.29, 0.717) is 12.3 Å². The van der Waals surface area contributed by atoms with Gasteiger partial charge in [0.15, 0.2) is 0 Å². The molecule has 0 atom stereocenters. The van der Waals surface area contributed by atoms with Gasteiger partial charge < -0.3 is 15.4 Å². The first kappa shape index (κ1) is 13.0. The SMILES string of the molecule is CCOC(=O)CNC(=O)Nc1cncc(C)c1. The highest BCUT2D eigenvalue weighted by atomic mass is 16.5. The Kier molecular flexibility index (Phi) is 4.93. The first-order valence-electron chi connectivity index (χ1n) is 5.24. The third-order valence-corrected chi connectivity index (χ3v) is 1.83. The van der Waals surface area contributed by atoms with Crippen LogP contribution in [0.25, 0.3) is 0 Å². The van der Waals surface area contributed by atoms with E-state index in [1.807, 2.05) is 6.92 Å². The maximum absolute atomic E-state index is 11.4. The summed E-state index contributed by atoms with van der Waals surface area (Å²) in [4.78, 5) is 26.3. The number of aromatic nitrogens is 1. The summed E-state index contributed by atoms with van der Waals surface area (Å²) in [5, 5.41) is 4.94. The van der Waals surface area contributed by atoms with E-state index < -0.39 is 12.0 Å². The number of esters is 1. The Balaban J connectivity index is 2.37. The number of nitrogens with one attached hydrogen (secondary N) is 2. The minimum Gasteiger partial charge on any atom is -0.465 e. The molecule has 92 valence electrons. The highest BCUT2D eigenvalue weighted by Gasteiger charge is 2.05. The maximum Gasteiger partial charge on any atom is 0.325 e. The summed E-state index contributed by atoms with van der Waals surface area (Å²) in [6.45, 7) is 3.72. The van der Waals surface area contributed by atoms with E-state index >= 15 is 0 Å². The van der Waals surface area contributed by atoms with Crippen LogP contribution in [0.15, 0.2) is 18.5 Å². The van der Waals surface area contributed by atoms with Crippen LogP contribution in [-0.4, -0.2) is 30.1 Å². The van der Waals surface area contributed by atoms with Crippen molar-refractivity contribution >= 4 is 17.7 Å². The maximum atomic E-state index is 11.4. The number of aryl methyl sites for hydroxylation is 1. The molecule has 0 fully saturated rings. The molecule has 0 spiro atoms. The number of rotatable bonds is 4. The van der Waals surface area contributed by atoms with Gasteiger partial charge in [-0.25, -0.2) is 4.79 Å². The predicted octanol–water partition coefficient (Wildman–Crippen LogP) is 1.07. The molecule has 1 heterocycles. The number of ether oxygens (including phenoxy) is 1. The normalized spacial score (nSPS) is 9.53. The predicted molar refractivity (Wildman–Crippen MR) is 62.6 cm³/mol. The number of nitrogens with zero attached hydrogens (tertiary/aromatic N) is 1. The lowest BCUT2D eigenvalue weighted by Crippen LogP contribution is -2.34. The van der Waals surface area contributed by atoms with Crippen molar-refractivity contribution in [3.05, 3.63) is 24.0 Å². The minimum atomic E-state index is -0.468. The summed E-state index contributed by atoms with van der Waals surface area (Å²) >= 11 is 0. The van der Waals surface area contributed by atoms with Gasteiger partial charge in [0.2, 0.25) is 0 Å². The van der Waals surface area contributed by atoms with Crippen molar-refractivity contribution in [2.24, 2.45) is 0 Å². The number of pyridine rings is 1. The Morgan fingerprint density at radius 2 is 2.18 bits per heavy atom. The Labute approximate surface area is 99.4 Å². The smallest absolute Gasteiger partial charge is 0.325 e. The highest BCUT2D eigenvalue weighted by Crippen LogP contribution is 2.06. The van der Waals surface area contributed by atoms with Gasteiger partial charge in [-0.15, -0.1) is 0 Å². The molecule has 0 aliphatic heterocycles. The van der Waals surface area contributed by atoms with Crippen LogP contribution in [-0.2, 0) is 9.53 Å². The molecule has 0 aliphatic carbocycles. The van der Waals surface area contributed by atoms with E-state index in [-0.39, 0.29) is 6.54 Å². The van der Waals surface area contributed by atoms with Gasteiger partial charge in [0.1, 0.15) is 6.54 Å². The van der Waals surface area contributed by atoms with Gasteiger partial charge in [-0.2, -0.15) is 0 Å². The van der Waals surface area contributed by atoms with Gasteiger partial charge in [0, 0.05) is 6.20 Å². The molecule has 1 aromatic heterocycles. The highest BCUT2D eigenvalue weighted by molar-refractivity contribution is 5.91. The molecule has 1 rings (SSSR count). The number of urea groups is 1. The fraction of sp³-hybridized carbons (Fsp3) is 0.364. The topological polar surface area (TPSA) is 80.3 Å². The molecule has 0 saturated heterocycles. The van der Waals surface area contributed by atoms with Crippen LogP contribution in [0, 0.1) is 6.92 Å². The zero-order valence-corrected chi connectivity index (χ0v) is 9.82. The fourth-order valence-corrected chi connectivity index (χ4v) is 1.16. The lowest BCUT2D eigenvalue weighted by Gasteiger charge is -2.07. The van der Waals surface area contributed by atoms with Crippen LogP contribution >= 0.6 is 0 Å². The van der Waals surface area contributed by atoms with Gasteiger partial charge in [-0.1, -0.05) is 0 Å². The van der Waals surface area contributed by atoms with Crippen molar-refractivity contribution < 1.29 is 14.3 Å². The van der Waals surface area contributed by atoms with Crippen LogP contribution in [0.3, 0.4) is 0 Å². The van der Waals surface area contributed by atoms with Gasteiger partial charge in [-0.05, 0) is 25.5 Å². The summed E-state index contributed by atoms with van der Waals surface area (Å²) < 4.78 is 4.67. The van der Waals surface area contributed by atoms with Gasteiger partial charge in [0.05, 0.1) is 18.5 Å². The van der Waals surface area contributed by atoms with Gasteiger partial charge in [-0.3, -0.25) is 9.78 Å². The molecule has 0 aromatic carbocycles. The van der Waals surface area contributed by atoms with E-state index in [1.165, 1.54) is 6.20 Å². The summed E-state index contributed by atoms with van der Waals surface area (Å²) in [5.74, 6) is -0.468. The van der Waals surface area contributed by atoms with Crippen molar-refractivity contribution in [1.29, 1.82) is 0 Å². The van der Waals surface area contributed by atoms with Crippen LogP contribution in [0.4, 0.5) is 10.5 Å². The van der Waals surface area contributed by atoms with Gasteiger partial charge in [0.25, 0.3) is 0 Å². The number of hydrogen-bond donors (Lipinski definition) is 2. The largest absolute Gasteiger partial charge is 0.465 e.